The van der Waals surface area contributed by atoms with Crippen LogP contribution < -0.4 is 0 Å². The first-order chi connectivity index (χ1) is 9.09. The molecule has 1 N–H and O–H groups in total. The molecule has 1 atom stereocenters. The van der Waals surface area contributed by atoms with E-state index in [0.29, 0.717) is 11.5 Å². The quantitative estimate of drug-likeness (QED) is 0.566. The number of benzene rings is 1. The molecule has 0 bridgehead atoms. The first-order valence-electron chi connectivity index (χ1n) is 6.85. The van der Waals surface area contributed by atoms with Crippen LogP contribution >= 0.6 is 34.8 Å². The second kappa shape index (κ2) is 7.17. The predicted molar refractivity (Wildman–Crippen MR) is 82.3 cm³/mol. The van der Waals surface area contributed by atoms with E-state index in [2.05, 4.69) is 0 Å². The van der Waals surface area contributed by atoms with Crippen molar-refractivity contribution in [1.82, 2.24) is 0 Å². The Morgan fingerprint density at radius 3 is 2.21 bits per heavy atom. The zero-order chi connectivity index (χ0) is 13.8. The van der Waals surface area contributed by atoms with E-state index < -0.39 is 10.9 Å². The third-order valence-corrected chi connectivity index (χ3v) is 4.70. The normalized spacial score (nSPS) is 19.4. The minimum Gasteiger partial charge on any atom is -0.386 e. The van der Waals surface area contributed by atoms with Gasteiger partial charge in [0, 0.05) is 5.02 Å². The van der Waals surface area contributed by atoms with Gasteiger partial charge in [0.25, 0.3) is 0 Å². The van der Waals surface area contributed by atoms with Crippen molar-refractivity contribution in [1.29, 1.82) is 0 Å². The molecule has 4 heteroatoms. The topological polar surface area (TPSA) is 20.2 Å². The fourth-order valence-electron chi connectivity index (χ4n) is 2.79. The molecule has 0 aromatic heterocycles. The summed E-state index contributed by atoms with van der Waals surface area (Å²) in [6.45, 7) is 0. The van der Waals surface area contributed by atoms with Gasteiger partial charge in [0.2, 0.25) is 0 Å². The van der Waals surface area contributed by atoms with Gasteiger partial charge in [-0.3, -0.25) is 0 Å². The van der Waals surface area contributed by atoms with Gasteiger partial charge in [0.1, 0.15) is 10.9 Å². The molecule has 0 spiro atoms. The number of rotatable bonds is 3. The van der Waals surface area contributed by atoms with Crippen molar-refractivity contribution in [2.75, 3.05) is 0 Å². The summed E-state index contributed by atoms with van der Waals surface area (Å²) in [5.74, 6) is 0.545. The van der Waals surface area contributed by atoms with Crippen LogP contribution in [0.4, 0.5) is 0 Å². The fourth-order valence-corrected chi connectivity index (χ4v) is 3.43. The van der Waals surface area contributed by atoms with E-state index in [9.17, 15) is 5.11 Å². The number of hydrogen-bond acceptors (Lipinski definition) is 1. The Balaban J connectivity index is 2.18. The minimum absolute atomic E-state index is 0.545. The molecule has 1 unspecified atom stereocenters. The first kappa shape index (κ1) is 15.4. The van der Waals surface area contributed by atoms with Crippen LogP contribution in [-0.4, -0.2) is 9.94 Å². The lowest BCUT2D eigenvalue weighted by Gasteiger charge is -2.18. The first-order valence-corrected chi connectivity index (χ1v) is 8.10. The molecule has 19 heavy (non-hydrogen) atoms. The van der Waals surface area contributed by atoms with E-state index >= 15 is 0 Å². The van der Waals surface area contributed by atoms with E-state index in [-0.39, 0.29) is 0 Å². The Labute approximate surface area is 129 Å². The summed E-state index contributed by atoms with van der Waals surface area (Å²) in [5, 5.41) is 10.6. The van der Waals surface area contributed by atoms with Crippen molar-refractivity contribution < 1.29 is 5.11 Å². The van der Waals surface area contributed by atoms with Crippen LogP contribution in [0.3, 0.4) is 0 Å². The van der Waals surface area contributed by atoms with Gasteiger partial charge in [-0.15, -0.1) is 23.2 Å². The molecule has 1 aromatic carbocycles. The van der Waals surface area contributed by atoms with Gasteiger partial charge in [-0.25, -0.2) is 0 Å². The van der Waals surface area contributed by atoms with Crippen molar-refractivity contribution in [3.63, 3.8) is 0 Å². The molecular formula is C15H19Cl3O. The van der Waals surface area contributed by atoms with Crippen LogP contribution in [-0.2, 0) is 0 Å². The predicted octanol–water partition coefficient (Wildman–Crippen LogP) is 5.61. The molecule has 0 radical (unpaired) electrons. The number of aliphatic hydroxyl groups excluding tert-OH is 1. The molecule has 1 aromatic rings. The Hall–Kier alpha value is 0.0500. The van der Waals surface area contributed by atoms with Gasteiger partial charge in [-0.05, 0) is 36.0 Å². The lowest BCUT2D eigenvalue weighted by Crippen LogP contribution is -2.07. The second-order valence-corrected chi connectivity index (χ2v) is 6.82. The minimum atomic E-state index is -0.885. The number of aliphatic hydroxyl groups is 1. The highest BCUT2D eigenvalue weighted by atomic mass is 35.5. The van der Waals surface area contributed by atoms with Gasteiger partial charge in [0.05, 0.1) is 0 Å². The number of hydrogen-bond donors (Lipinski definition) is 1. The summed E-state index contributed by atoms with van der Waals surface area (Å²) in [7, 11) is 0. The zero-order valence-corrected chi connectivity index (χ0v) is 13.1. The largest absolute Gasteiger partial charge is 0.386 e. The molecule has 0 heterocycles. The highest BCUT2D eigenvalue weighted by Gasteiger charge is 2.20. The maximum absolute atomic E-state index is 9.85. The molecule has 1 aliphatic rings. The van der Waals surface area contributed by atoms with E-state index in [1.807, 2.05) is 12.1 Å². The summed E-state index contributed by atoms with van der Waals surface area (Å²) in [6, 6.07) is 5.70. The van der Waals surface area contributed by atoms with Crippen molar-refractivity contribution >= 4 is 34.8 Å². The van der Waals surface area contributed by atoms with Crippen molar-refractivity contribution in [3.05, 3.63) is 34.3 Å². The SMILES string of the molecule is OC(c1ccc(C2CCCCCC2)c(Cl)c1)C(Cl)Cl. The molecule has 1 nitrogen and oxygen atoms in total. The third-order valence-electron chi connectivity index (χ3n) is 3.90. The van der Waals surface area contributed by atoms with Gasteiger partial charge >= 0.3 is 0 Å². The maximum atomic E-state index is 9.85. The average molecular weight is 322 g/mol. The summed E-state index contributed by atoms with van der Waals surface area (Å²) < 4.78 is 0. The van der Waals surface area contributed by atoms with Crippen LogP contribution in [0.1, 0.15) is 61.7 Å². The Morgan fingerprint density at radius 1 is 1.05 bits per heavy atom. The van der Waals surface area contributed by atoms with Crippen molar-refractivity contribution in [3.8, 4) is 0 Å². The summed E-state index contributed by atoms with van der Waals surface area (Å²) in [6.07, 6.45) is 6.72. The monoisotopic (exact) mass is 320 g/mol. The van der Waals surface area contributed by atoms with E-state index in [1.54, 1.807) is 6.07 Å². The van der Waals surface area contributed by atoms with Crippen molar-refractivity contribution in [2.45, 2.75) is 55.4 Å². The lowest BCUT2D eigenvalue weighted by atomic mass is 9.91. The Morgan fingerprint density at radius 2 is 1.68 bits per heavy atom. The summed E-state index contributed by atoms with van der Waals surface area (Å²) >= 11 is 17.8. The number of alkyl halides is 2. The van der Waals surface area contributed by atoms with E-state index in [0.717, 1.165) is 5.02 Å². The summed E-state index contributed by atoms with van der Waals surface area (Å²) in [5.41, 5.74) is 1.87. The fraction of sp³-hybridized carbons (Fsp3) is 0.600. The summed E-state index contributed by atoms with van der Waals surface area (Å²) in [4.78, 5) is -0.834. The highest BCUT2D eigenvalue weighted by molar-refractivity contribution is 6.44. The lowest BCUT2D eigenvalue weighted by molar-refractivity contribution is 0.193. The van der Waals surface area contributed by atoms with E-state index in [1.165, 1.54) is 44.1 Å². The average Bonchev–Trinajstić information content (AvgIpc) is 2.66. The zero-order valence-electron chi connectivity index (χ0n) is 10.8. The molecule has 1 fully saturated rings. The van der Waals surface area contributed by atoms with Crippen LogP contribution in [0.2, 0.25) is 5.02 Å². The van der Waals surface area contributed by atoms with Gasteiger partial charge < -0.3 is 5.11 Å². The maximum Gasteiger partial charge on any atom is 0.137 e. The molecule has 1 aliphatic carbocycles. The van der Waals surface area contributed by atoms with Gasteiger partial charge in [-0.2, -0.15) is 0 Å². The van der Waals surface area contributed by atoms with Crippen molar-refractivity contribution in [2.24, 2.45) is 0 Å². The molecule has 0 saturated heterocycles. The highest BCUT2D eigenvalue weighted by Crippen LogP contribution is 2.37. The molecule has 106 valence electrons. The van der Waals surface area contributed by atoms with E-state index in [4.69, 9.17) is 34.8 Å². The molecule has 0 aliphatic heterocycles. The smallest absolute Gasteiger partial charge is 0.137 e. The van der Waals surface area contributed by atoms with Gasteiger partial charge in [0.15, 0.2) is 0 Å². The Kier molecular flexibility index (Phi) is 5.83. The second-order valence-electron chi connectivity index (χ2n) is 5.25. The number of halogens is 3. The van der Waals surface area contributed by atoms with Crippen LogP contribution in [0.15, 0.2) is 18.2 Å². The molecule has 2 rings (SSSR count). The molecular weight excluding hydrogens is 303 g/mol. The Bertz CT molecular complexity index is 412. The van der Waals surface area contributed by atoms with Gasteiger partial charge in [-0.1, -0.05) is 49.4 Å². The van der Waals surface area contributed by atoms with Crippen LogP contribution in [0.5, 0.6) is 0 Å². The third kappa shape index (κ3) is 4.01. The standard InChI is InChI=1S/C15H19Cl3O/c16-13-9-11(14(19)15(17)18)7-8-12(13)10-5-3-1-2-4-6-10/h7-10,14-15,19H,1-6H2. The molecule has 1 saturated carbocycles. The van der Waals surface area contributed by atoms with Crippen LogP contribution in [0.25, 0.3) is 0 Å². The molecule has 0 amide bonds. The van der Waals surface area contributed by atoms with Crippen LogP contribution in [0, 0.1) is 0 Å².